The number of carbonyl (C=O) groups is 2. The van der Waals surface area contributed by atoms with Crippen LogP contribution in [-0.2, 0) is 26.2 Å². The van der Waals surface area contributed by atoms with Crippen LogP contribution in [0.25, 0.3) is 0 Å². The Kier molecular flexibility index (Phi) is 10.1. The molecule has 0 unspecified atom stereocenters. The highest BCUT2D eigenvalue weighted by Crippen LogP contribution is 2.34. The second kappa shape index (κ2) is 12.6. The van der Waals surface area contributed by atoms with Crippen molar-refractivity contribution in [2.75, 3.05) is 31.3 Å². The summed E-state index contributed by atoms with van der Waals surface area (Å²) in [4.78, 5) is 27.8. The van der Waals surface area contributed by atoms with Crippen molar-refractivity contribution in [3.05, 3.63) is 53.8 Å². The summed E-state index contributed by atoms with van der Waals surface area (Å²) in [5.41, 5.74) is 0.698. The first kappa shape index (κ1) is 28.9. The Labute approximate surface area is 212 Å². The Morgan fingerprint density at radius 3 is 2.22 bits per heavy atom. The fraction of sp³-hybridized carbons (Fsp3) is 0.440. The average molecular weight is 524 g/mol. The van der Waals surface area contributed by atoms with E-state index in [-0.39, 0.29) is 29.9 Å². The monoisotopic (exact) mass is 523 g/mol. The number of nitrogens with one attached hydrogen (secondary N) is 1. The van der Waals surface area contributed by atoms with Crippen LogP contribution in [0.4, 0.5) is 10.1 Å². The molecule has 0 aromatic heterocycles. The number of hydrogen-bond donors (Lipinski definition) is 1. The molecule has 0 saturated heterocycles. The average Bonchev–Trinajstić information content (AvgIpc) is 2.85. The van der Waals surface area contributed by atoms with Gasteiger partial charge in [0.1, 0.15) is 29.9 Å². The van der Waals surface area contributed by atoms with E-state index >= 15 is 0 Å². The number of benzene rings is 2. The van der Waals surface area contributed by atoms with E-state index in [0.29, 0.717) is 17.7 Å². The summed E-state index contributed by atoms with van der Waals surface area (Å²) < 4.78 is 50.5. The summed E-state index contributed by atoms with van der Waals surface area (Å²) in [5, 5.41) is 2.85. The lowest BCUT2D eigenvalue weighted by atomic mass is 10.1. The van der Waals surface area contributed by atoms with Crippen LogP contribution >= 0.6 is 0 Å². The van der Waals surface area contributed by atoms with Crippen molar-refractivity contribution in [2.24, 2.45) is 0 Å². The number of nitrogens with zero attached hydrogens (tertiary/aromatic N) is 2. The van der Waals surface area contributed by atoms with E-state index in [4.69, 9.17) is 9.47 Å². The number of rotatable bonds is 12. The smallest absolute Gasteiger partial charge is 0.244 e. The summed E-state index contributed by atoms with van der Waals surface area (Å²) in [5.74, 6) is -0.850. The molecule has 0 heterocycles. The number of hydrogen-bond acceptors (Lipinski definition) is 6. The first-order valence-electron chi connectivity index (χ1n) is 11.4. The largest absolute Gasteiger partial charge is 0.497 e. The van der Waals surface area contributed by atoms with Gasteiger partial charge in [-0.1, -0.05) is 19.1 Å². The molecule has 36 heavy (non-hydrogen) atoms. The third-order valence-corrected chi connectivity index (χ3v) is 6.89. The molecule has 2 rings (SSSR count). The number of anilines is 1. The van der Waals surface area contributed by atoms with Gasteiger partial charge in [0, 0.05) is 18.7 Å². The summed E-state index contributed by atoms with van der Waals surface area (Å²) in [6, 6.07) is 9.08. The maximum absolute atomic E-state index is 13.6. The molecule has 0 aliphatic rings. The third-order valence-electron chi connectivity index (χ3n) is 5.77. The summed E-state index contributed by atoms with van der Waals surface area (Å²) in [6.45, 7) is 4.71. The van der Waals surface area contributed by atoms with Gasteiger partial charge >= 0.3 is 0 Å². The highest BCUT2D eigenvalue weighted by Gasteiger charge is 2.31. The zero-order valence-corrected chi connectivity index (χ0v) is 22.3. The first-order valence-corrected chi connectivity index (χ1v) is 13.3. The molecule has 2 amide bonds. The van der Waals surface area contributed by atoms with Gasteiger partial charge in [0.25, 0.3) is 0 Å². The van der Waals surface area contributed by atoms with E-state index in [2.05, 4.69) is 5.32 Å². The van der Waals surface area contributed by atoms with E-state index in [9.17, 15) is 22.4 Å². The van der Waals surface area contributed by atoms with E-state index in [1.54, 1.807) is 13.0 Å². The minimum Gasteiger partial charge on any atom is -0.497 e. The molecule has 2 atom stereocenters. The lowest BCUT2D eigenvalue weighted by molar-refractivity contribution is -0.139. The quantitative estimate of drug-likeness (QED) is 0.459. The molecule has 0 saturated carbocycles. The molecular weight excluding hydrogens is 489 g/mol. The van der Waals surface area contributed by atoms with Crippen LogP contribution in [-0.4, -0.2) is 64.2 Å². The Balaban J connectivity index is 2.47. The van der Waals surface area contributed by atoms with Gasteiger partial charge in [0.05, 0.1) is 26.2 Å². The maximum Gasteiger partial charge on any atom is 0.244 e. The molecule has 0 radical (unpaired) electrons. The molecule has 0 spiro atoms. The van der Waals surface area contributed by atoms with Gasteiger partial charge in [0.2, 0.25) is 21.8 Å². The molecule has 9 nitrogen and oxygen atoms in total. The third kappa shape index (κ3) is 7.58. The molecule has 0 aliphatic heterocycles. The van der Waals surface area contributed by atoms with Gasteiger partial charge in [-0.25, -0.2) is 12.8 Å². The van der Waals surface area contributed by atoms with E-state index < -0.39 is 34.3 Å². The van der Waals surface area contributed by atoms with E-state index in [1.807, 2.05) is 13.8 Å². The second-order valence-corrected chi connectivity index (χ2v) is 10.4. The Hall–Kier alpha value is -3.34. The number of halogens is 1. The van der Waals surface area contributed by atoms with Crippen LogP contribution in [0, 0.1) is 5.82 Å². The molecule has 11 heteroatoms. The van der Waals surface area contributed by atoms with Crippen molar-refractivity contribution in [1.82, 2.24) is 10.2 Å². The maximum atomic E-state index is 13.6. The van der Waals surface area contributed by atoms with Crippen molar-refractivity contribution in [1.29, 1.82) is 0 Å². The fourth-order valence-electron chi connectivity index (χ4n) is 3.42. The topological polar surface area (TPSA) is 105 Å². The normalized spacial score (nSPS) is 12.9. The van der Waals surface area contributed by atoms with Gasteiger partial charge in [-0.3, -0.25) is 13.9 Å². The van der Waals surface area contributed by atoms with Crippen LogP contribution in [0.5, 0.6) is 11.5 Å². The number of methoxy groups -OCH3 is 2. The highest BCUT2D eigenvalue weighted by atomic mass is 32.2. The summed E-state index contributed by atoms with van der Waals surface area (Å²) in [6.07, 6.45) is 1.67. The molecule has 1 N–H and O–H groups in total. The number of ether oxygens (including phenoxy) is 2. The zero-order chi connectivity index (χ0) is 27.0. The lowest BCUT2D eigenvalue weighted by Crippen LogP contribution is -2.52. The van der Waals surface area contributed by atoms with Gasteiger partial charge in [-0.05, 0) is 50.1 Å². The molecule has 198 valence electrons. The van der Waals surface area contributed by atoms with Gasteiger partial charge in [-0.2, -0.15) is 0 Å². The molecule has 0 aliphatic carbocycles. The zero-order valence-electron chi connectivity index (χ0n) is 21.4. The molecule has 0 bridgehead atoms. The standard InChI is InChI=1S/C25H34FN3O6S/c1-7-17(2)27-25(31)18(3)28(15-19-8-10-20(26)11-9-19)24(30)16-29(36(6,32)33)22-14-21(34-4)12-13-23(22)35-5/h8-14,17-18H,7,15-16H2,1-6H3,(H,27,31)/t17-,18+/m0/s1. The number of amides is 2. The molecule has 0 fully saturated rings. The van der Waals surface area contributed by atoms with Crippen molar-refractivity contribution in [2.45, 2.75) is 45.8 Å². The highest BCUT2D eigenvalue weighted by molar-refractivity contribution is 7.92. The van der Waals surface area contributed by atoms with Crippen molar-refractivity contribution in [3.8, 4) is 11.5 Å². The predicted molar refractivity (Wildman–Crippen MR) is 136 cm³/mol. The van der Waals surface area contributed by atoms with Crippen LogP contribution in [0.1, 0.15) is 32.8 Å². The van der Waals surface area contributed by atoms with Gasteiger partial charge < -0.3 is 19.7 Å². The number of carbonyl (C=O) groups excluding carboxylic acids is 2. The minimum absolute atomic E-state index is 0.0267. The van der Waals surface area contributed by atoms with Crippen molar-refractivity contribution < 1.29 is 31.9 Å². The summed E-state index contributed by atoms with van der Waals surface area (Å²) >= 11 is 0. The Morgan fingerprint density at radius 2 is 1.69 bits per heavy atom. The van der Waals surface area contributed by atoms with Crippen LogP contribution in [0.2, 0.25) is 0 Å². The summed E-state index contributed by atoms with van der Waals surface area (Å²) in [7, 11) is -1.13. The van der Waals surface area contributed by atoms with Gasteiger partial charge in [-0.15, -0.1) is 0 Å². The first-order chi connectivity index (χ1) is 16.9. The molecule has 2 aromatic carbocycles. The molecular formula is C25H34FN3O6S. The van der Waals surface area contributed by atoms with Crippen molar-refractivity contribution >= 4 is 27.5 Å². The predicted octanol–water partition coefficient (Wildman–Crippen LogP) is 2.94. The van der Waals surface area contributed by atoms with E-state index in [1.165, 1.54) is 55.5 Å². The SMILES string of the molecule is CC[C@H](C)NC(=O)[C@@H](C)N(Cc1ccc(F)cc1)C(=O)CN(c1cc(OC)ccc1OC)S(C)(=O)=O. The Bertz CT molecular complexity index is 1160. The minimum atomic E-state index is -3.95. The lowest BCUT2D eigenvalue weighted by Gasteiger charge is -2.32. The second-order valence-electron chi connectivity index (χ2n) is 8.45. The van der Waals surface area contributed by atoms with Crippen LogP contribution < -0.4 is 19.1 Å². The fourth-order valence-corrected chi connectivity index (χ4v) is 4.27. The van der Waals surface area contributed by atoms with Crippen LogP contribution in [0.3, 0.4) is 0 Å². The van der Waals surface area contributed by atoms with Gasteiger partial charge in [0.15, 0.2) is 0 Å². The number of sulfonamides is 1. The molecule has 2 aromatic rings. The Morgan fingerprint density at radius 1 is 1.06 bits per heavy atom. The van der Waals surface area contributed by atoms with E-state index in [0.717, 1.165) is 10.6 Å². The van der Waals surface area contributed by atoms with Crippen molar-refractivity contribution in [3.63, 3.8) is 0 Å². The van der Waals surface area contributed by atoms with Crippen LogP contribution in [0.15, 0.2) is 42.5 Å².